The van der Waals surface area contributed by atoms with Crippen LogP contribution >= 0.6 is 0 Å². The van der Waals surface area contributed by atoms with E-state index in [0.717, 1.165) is 29.0 Å². The van der Waals surface area contributed by atoms with E-state index in [-0.39, 0.29) is 12.7 Å². The van der Waals surface area contributed by atoms with E-state index in [0.29, 0.717) is 6.54 Å². The zero-order valence-electron chi connectivity index (χ0n) is 12.9. The molecule has 5 nitrogen and oxygen atoms in total. The van der Waals surface area contributed by atoms with Crippen molar-refractivity contribution in [1.82, 2.24) is 9.88 Å². The van der Waals surface area contributed by atoms with Crippen molar-refractivity contribution in [2.24, 2.45) is 0 Å². The lowest BCUT2D eigenvalue weighted by atomic mass is 10.1. The Balaban J connectivity index is 1.53. The quantitative estimate of drug-likeness (QED) is 0.796. The van der Waals surface area contributed by atoms with Gasteiger partial charge in [0.15, 0.2) is 11.5 Å². The lowest BCUT2D eigenvalue weighted by Gasteiger charge is -2.15. The van der Waals surface area contributed by atoms with Gasteiger partial charge in [-0.05, 0) is 41.8 Å². The Hall–Kier alpha value is -2.82. The molecule has 0 unspecified atom stereocenters. The van der Waals surface area contributed by atoms with E-state index < -0.39 is 0 Å². The normalized spacial score (nSPS) is 12.6. The Labute approximate surface area is 135 Å². The summed E-state index contributed by atoms with van der Waals surface area (Å²) < 4.78 is 10.7. The maximum absolute atomic E-state index is 12.1. The summed E-state index contributed by atoms with van der Waals surface area (Å²) in [7, 11) is 1.79. The number of amides is 1. The molecule has 0 radical (unpaired) electrons. The first-order valence-electron chi connectivity index (χ1n) is 7.44. The van der Waals surface area contributed by atoms with Gasteiger partial charge in [-0.3, -0.25) is 9.78 Å². The van der Waals surface area contributed by atoms with Gasteiger partial charge in [0, 0.05) is 32.1 Å². The van der Waals surface area contributed by atoms with Crippen LogP contribution in [0.5, 0.6) is 11.5 Å². The van der Waals surface area contributed by atoms with E-state index in [2.05, 4.69) is 4.98 Å². The molecule has 1 aliphatic rings. The molecule has 2 aromatic rings. The van der Waals surface area contributed by atoms with Crippen LogP contribution in [-0.2, 0) is 11.2 Å². The number of fused-ring (bicyclic) bond motifs is 1. The first kappa shape index (κ1) is 15.1. The van der Waals surface area contributed by atoms with Crippen LogP contribution in [0.3, 0.4) is 0 Å². The molecule has 0 fully saturated rings. The Morgan fingerprint density at radius 2 is 2.17 bits per heavy atom. The Kier molecular flexibility index (Phi) is 4.57. The van der Waals surface area contributed by atoms with E-state index in [1.807, 2.05) is 30.3 Å². The van der Waals surface area contributed by atoms with Gasteiger partial charge in [-0.2, -0.15) is 0 Å². The molecular formula is C18H18N2O3. The summed E-state index contributed by atoms with van der Waals surface area (Å²) >= 11 is 0. The highest BCUT2D eigenvalue weighted by molar-refractivity contribution is 5.91. The van der Waals surface area contributed by atoms with E-state index in [9.17, 15) is 4.79 Å². The van der Waals surface area contributed by atoms with Crippen molar-refractivity contribution in [3.05, 3.63) is 59.9 Å². The fourth-order valence-corrected chi connectivity index (χ4v) is 2.27. The molecule has 0 N–H and O–H groups in total. The second kappa shape index (κ2) is 6.96. The van der Waals surface area contributed by atoms with Crippen molar-refractivity contribution in [1.29, 1.82) is 0 Å². The average molecular weight is 310 g/mol. The number of aromatic nitrogens is 1. The van der Waals surface area contributed by atoms with Gasteiger partial charge < -0.3 is 14.4 Å². The molecule has 1 aromatic heterocycles. The molecular weight excluding hydrogens is 292 g/mol. The van der Waals surface area contributed by atoms with Gasteiger partial charge in [0.05, 0.1) is 0 Å². The molecule has 1 aromatic carbocycles. The SMILES string of the molecule is CN(CCc1ccc2c(c1)OCO2)C(=O)/C=C/c1cccnc1. The first-order chi connectivity index (χ1) is 11.2. The number of pyridine rings is 1. The number of nitrogens with zero attached hydrogens (tertiary/aromatic N) is 2. The van der Waals surface area contributed by atoms with Crippen LogP contribution in [0.1, 0.15) is 11.1 Å². The Bertz CT molecular complexity index is 713. The minimum Gasteiger partial charge on any atom is -0.454 e. The molecule has 23 heavy (non-hydrogen) atoms. The minimum atomic E-state index is -0.0328. The number of benzene rings is 1. The van der Waals surface area contributed by atoms with Crippen LogP contribution in [-0.4, -0.2) is 36.2 Å². The number of rotatable bonds is 5. The average Bonchev–Trinajstić information content (AvgIpc) is 3.06. The van der Waals surface area contributed by atoms with Crippen molar-refractivity contribution >= 4 is 12.0 Å². The van der Waals surface area contributed by atoms with Gasteiger partial charge in [0.25, 0.3) is 0 Å². The molecule has 1 aliphatic heterocycles. The molecule has 0 aliphatic carbocycles. The highest BCUT2D eigenvalue weighted by Gasteiger charge is 2.13. The minimum absolute atomic E-state index is 0.0328. The second-order valence-corrected chi connectivity index (χ2v) is 5.32. The molecule has 0 bridgehead atoms. The van der Waals surface area contributed by atoms with Crippen molar-refractivity contribution < 1.29 is 14.3 Å². The maximum Gasteiger partial charge on any atom is 0.246 e. The van der Waals surface area contributed by atoms with Crippen LogP contribution in [0.15, 0.2) is 48.8 Å². The van der Waals surface area contributed by atoms with Crippen LogP contribution < -0.4 is 9.47 Å². The van der Waals surface area contributed by atoms with Crippen LogP contribution in [0.25, 0.3) is 6.08 Å². The van der Waals surface area contributed by atoms with Crippen molar-refractivity contribution in [2.75, 3.05) is 20.4 Å². The van der Waals surface area contributed by atoms with Crippen LogP contribution in [0, 0.1) is 0 Å². The van der Waals surface area contributed by atoms with Gasteiger partial charge in [-0.15, -0.1) is 0 Å². The first-order valence-corrected chi connectivity index (χ1v) is 7.44. The summed E-state index contributed by atoms with van der Waals surface area (Å²) in [5.74, 6) is 1.51. The van der Waals surface area contributed by atoms with Gasteiger partial charge >= 0.3 is 0 Å². The molecule has 2 heterocycles. The number of hydrogen-bond acceptors (Lipinski definition) is 4. The number of carbonyl (C=O) groups excluding carboxylic acids is 1. The summed E-state index contributed by atoms with van der Waals surface area (Å²) in [6.45, 7) is 0.909. The molecule has 0 saturated heterocycles. The third-order valence-electron chi connectivity index (χ3n) is 3.65. The molecule has 118 valence electrons. The van der Waals surface area contributed by atoms with Crippen LogP contribution in [0.4, 0.5) is 0 Å². The van der Waals surface area contributed by atoms with Crippen molar-refractivity contribution in [2.45, 2.75) is 6.42 Å². The third-order valence-corrected chi connectivity index (χ3v) is 3.65. The highest BCUT2D eigenvalue weighted by Crippen LogP contribution is 2.32. The number of hydrogen-bond donors (Lipinski definition) is 0. The summed E-state index contributed by atoms with van der Waals surface area (Å²) in [5.41, 5.74) is 2.02. The monoisotopic (exact) mass is 310 g/mol. The molecule has 0 spiro atoms. The van der Waals surface area contributed by atoms with Gasteiger partial charge in [-0.1, -0.05) is 12.1 Å². The van der Waals surface area contributed by atoms with E-state index in [4.69, 9.17) is 9.47 Å². The van der Waals surface area contributed by atoms with Gasteiger partial charge in [0.1, 0.15) is 0 Å². The fraction of sp³-hybridized carbons (Fsp3) is 0.222. The van der Waals surface area contributed by atoms with E-state index >= 15 is 0 Å². The fourth-order valence-electron chi connectivity index (χ4n) is 2.27. The summed E-state index contributed by atoms with van der Waals surface area (Å²) in [5, 5.41) is 0. The third kappa shape index (κ3) is 3.88. The Morgan fingerprint density at radius 1 is 1.30 bits per heavy atom. The molecule has 0 atom stereocenters. The van der Waals surface area contributed by atoms with Gasteiger partial charge in [-0.25, -0.2) is 0 Å². The van der Waals surface area contributed by atoms with Gasteiger partial charge in [0.2, 0.25) is 12.7 Å². The largest absolute Gasteiger partial charge is 0.454 e. The topological polar surface area (TPSA) is 51.7 Å². The molecule has 0 saturated carbocycles. The Morgan fingerprint density at radius 3 is 3.00 bits per heavy atom. The highest BCUT2D eigenvalue weighted by atomic mass is 16.7. The number of likely N-dealkylation sites (N-methyl/N-ethyl adjacent to an activating group) is 1. The van der Waals surface area contributed by atoms with Crippen molar-refractivity contribution in [3.63, 3.8) is 0 Å². The predicted octanol–water partition coefficient (Wildman–Crippen LogP) is 2.52. The number of carbonyl (C=O) groups is 1. The lowest BCUT2D eigenvalue weighted by molar-refractivity contribution is -0.124. The molecule has 5 heteroatoms. The standard InChI is InChI=1S/C18H18N2O3/c1-20(18(21)7-5-15-3-2-9-19-12-15)10-8-14-4-6-16-17(11-14)23-13-22-16/h2-7,9,11-12H,8,10,13H2,1H3/b7-5+. The maximum atomic E-state index is 12.1. The predicted molar refractivity (Wildman–Crippen MR) is 87.2 cm³/mol. The summed E-state index contributed by atoms with van der Waals surface area (Å²) in [6, 6.07) is 9.61. The summed E-state index contributed by atoms with van der Waals surface area (Å²) in [6.07, 6.45) is 7.52. The van der Waals surface area contributed by atoms with Crippen LogP contribution in [0.2, 0.25) is 0 Å². The molecule has 3 rings (SSSR count). The van der Waals surface area contributed by atoms with E-state index in [1.54, 1.807) is 36.5 Å². The zero-order chi connectivity index (χ0) is 16.1. The smallest absolute Gasteiger partial charge is 0.246 e. The van der Waals surface area contributed by atoms with Crippen molar-refractivity contribution in [3.8, 4) is 11.5 Å². The number of ether oxygens (including phenoxy) is 2. The molecule has 1 amide bonds. The zero-order valence-corrected chi connectivity index (χ0v) is 12.9. The summed E-state index contributed by atoms with van der Waals surface area (Å²) in [4.78, 5) is 17.8. The second-order valence-electron chi connectivity index (χ2n) is 5.32. The van der Waals surface area contributed by atoms with E-state index in [1.165, 1.54) is 0 Å². The lowest BCUT2D eigenvalue weighted by Crippen LogP contribution is -2.27.